The van der Waals surface area contributed by atoms with E-state index in [1.54, 1.807) is 0 Å². The molecule has 0 aliphatic rings. The molecule has 1 aromatic heterocycles. The van der Waals surface area contributed by atoms with Crippen molar-refractivity contribution in [2.75, 3.05) is 6.54 Å². The molecule has 16 heavy (non-hydrogen) atoms. The van der Waals surface area contributed by atoms with E-state index in [2.05, 4.69) is 49.5 Å². The summed E-state index contributed by atoms with van der Waals surface area (Å²) in [7, 11) is 0. The van der Waals surface area contributed by atoms with Crippen molar-refractivity contribution in [2.45, 2.75) is 47.7 Å². The summed E-state index contributed by atoms with van der Waals surface area (Å²) in [6, 6.07) is 0. The molecule has 0 aromatic carbocycles. The molecule has 1 rings (SSSR count). The fourth-order valence-electron chi connectivity index (χ4n) is 1.48. The van der Waals surface area contributed by atoms with Crippen LogP contribution in [0.3, 0.4) is 0 Å². The maximum absolute atomic E-state index is 4.23. The van der Waals surface area contributed by atoms with Gasteiger partial charge in [-0.05, 0) is 17.9 Å². The molecule has 0 spiro atoms. The zero-order chi connectivity index (χ0) is 12.2. The topological polar surface area (TPSA) is 29.9 Å². The Labute approximate surface area is 99.3 Å². The summed E-state index contributed by atoms with van der Waals surface area (Å²) in [6.45, 7) is 14.3. The highest BCUT2D eigenvalue weighted by Gasteiger charge is 2.20. The van der Waals surface area contributed by atoms with Crippen LogP contribution < -0.4 is 5.32 Å². The largest absolute Gasteiger partial charge is 0.333 e. The molecule has 1 aromatic rings. The number of hydrogen-bond acceptors (Lipinski definition) is 2. The fraction of sp³-hybridized carbons (Fsp3) is 0.769. The Morgan fingerprint density at radius 3 is 2.69 bits per heavy atom. The second-order valence-corrected chi connectivity index (χ2v) is 5.58. The average Bonchev–Trinajstić information content (AvgIpc) is 2.61. The van der Waals surface area contributed by atoms with E-state index >= 15 is 0 Å². The molecule has 3 heteroatoms. The van der Waals surface area contributed by atoms with E-state index in [0.717, 1.165) is 19.6 Å². The van der Waals surface area contributed by atoms with Gasteiger partial charge in [-0.15, -0.1) is 0 Å². The summed E-state index contributed by atoms with van der Waals surface area (Å²) in [5, 5.41) is 3.34. The van der Waals surface area contributed by atoms with E-state index in [1.807, 2.05) is 12.5 Å². The first-order valence-corrected chi connectivity index (χ1v) is 6.15. The summed E-state index contributed by atoms with van der Waals surface area (Å²) in [6.07, 6.45) is 3.90. The third-order valence-corrected chi connectivity index (χ3v) is 3.30. The van der Waals surface area contributed by atoms with Gasteiger partial charge in [-0.25, -0.2) is 4.98 Å². The molecule has 0 saturated carbocycles. The third kappa shape index (κ3) is 3.63. The van der Waals surface area contributed by atoms with Crippen LogP contribution in [0.15, 0.2) is 12.5 Å². The highest BCUT2D eigenvalue weighted by atomic mass is 15.1. The number of rotatable bonds is 5. The Kier molecular flexibility index (Phi) is 4.54. The van der Waals surface area contributed by atoms with Crippen molar-refractivity contribution < 1.29 is 0 Å². The lowest BCUT2D eigenvalue weighted by Crippen LogP contribution is -2.24. The van der Waals surface area contributed by atoms with Gasteiger partial charge < -0.3 is 9.88 Å². The van der Waals surface area contributed by atoms with Crippen LogP contribution in [-0.2, 0) is 13.1 Å². The van der Waals surface area contributed by atoms with Crippen LogP contribution in [0.25, 0.3) is 0 Å². The predicted octanol–water partition coefficient (Wildman–Crippen LogP) is 2.67. The lowest BCUT2D eigenvalue weighted by molar-refractivity contribution is 0.231. The first kappa shape index (κ1) is 13.2. The smallest absolute Gasteiger partial charge is 0.0948 e. The minimum absolute atomic E-state index is 0.347. The normalized spacial score (nSPS) is 14.1. The predicted molar refractivity (Wildman–Crippen MR) is 68.2 cm³/mol. The summed E-state index contributed by atoms with van der Waals surface area (Å²) < 4.78 is 2.26. The van der Waals surface area contributed by atoms with Gasteiger partial charge in [0.15, 0.2) is 0 Å². The first-order chi connectivity index (χ1) is 7.45. The van der Waals surface area contributed by atoms with E-state index in [-0.39, 0.29) is 0 Å². The third-order valence-electron chi connectivity index (χ3n) is 3.30. The Morgan fingerprint density at radius 2 is 2.12 bits per heavy atom. The van der Waals surface area contributed by atoms with Crippen molar-refractivity contribution in [3.05, 3.63) is 18.2 Å². The van der Waals surface area contributed by atoms with Gasteiger partial charge in [0, 0.05) is 19.3 Å². The maximum Gasteiger partial charge on any atom is 0.0948 e. The monoisotopic (exact) mass is 223 g/mol. The van der Waals surface area contributed by atoms with Gasteiger partial charge in [0.25, 0.3) is 0 Å². The number of aromatic nitrogens is 2. The molecule has 0 fully saturated rings. The molecule has 0 amide bonds. The van der Waals surface area contributed by atoms with Gasteiger partial charge in [-0.1, -0.05) is 34.6 Å². The molecule has 1 unspecified atom stereocenters. The lowest BCUT2D eigenvalue weighted by atomic mass is 9.82. The van der Waals surface area contributed by atoms with Gasteiger partial charge in [-0.3, -0.25) is 0 Å². The van der Waals surface area contributed by atoms with E-state index < -0.39 is 0 Å². The van der Waals surface area contributed by atoms with Crippen LogP contribution in [0.4, 0.5) is 0 Å². The number of nitrogens with one attached hydrogen (secondary N) is 1. The van der Waals surface area contributed by atoms with Crippen LogP contribution in [-0.4, -0.2) is 16.1 Å². The Bertz CT molecular complexity index is 309. The van der Waals surface area contributed by atoms with Gasteiger partial charge in [0.2, 0.25) is 0 Å². The molecule has 0 bridgehead atoms. The summed E-state index contributed by atoms with van der Waals surface area (Å²) >= 11 is 0. The van der Waals surface area contributed by atoms with Crippen LogP contribution in [0, 0.1) is 11.3 Å². The summed E-state index contributed by atoms with van der Waals surface area (Å²) in [4.78, 5) is 4.23. The Balaban J connectivity index is 2.63. The molecule has 1 N–H and O–H groups in total. The SMILES string of the molecule is CCNCc1cncn1CC(C)C(C)(C)C. The first-order valence-electron chi connectivity index (χ1n) is 6.15. The average molecular weight is 223 g/mol. The summed E-state index contributed by atoms with van der Waals surface area (Å²) in [5.41, 5.74) is 1.62. The van der Waals surface area contributed by atoms with E-state index in [1.165, 1.54) is 5.69 Å². The molecule has 0 aliphatic heterocycles. The molecule has 0 saturated heterocycles. The minimum Gasteiger partial charge on any atom is -0.333 e. The molecule has 1 atom stereocenters. The summed E-state index contributed by atoms with van der Waals surface area (Å²) in [5.74, 6) is 0.641. The second-order valence-electron chi connectivity index (χ2n) is 5.58. The molecule has 0 aliphatic carbocycles. The molecule has 92 valence electrons. The molecule has 3 nitrogen and oxygen atoms in total. The highest BCUT2D eigenvalue weighted by molar-refractivity contribution is 4.98. The molecular formula is C13H25N3. The fourth-order valence-corrected chi connectivity index (χ4v) is 1.48. The van der Waals surface area contributed by atoms with Crippen molar-refractivity contribution in [1.29, 1.82) is 0 Å². The zero-order valence-corrected chi connectivity index (χ0v) is 11.2. The van der Waals surface area contributed by atoms with Crippen molar-refractivity contribution in [1.82, 2.24) is 14.9 Å². The molecular weight excluding hydrogens is 198 g/mol. The number of nitrogens with zero attached hydrogens (tertiary/aromatic N) is 2. The number of imidazole rings is 1. The Morgan fingerprint density at radius 1 is 1.44 bits per heavy atom. The van der Waals surface area contributed by atoms with Crippen molar-refractivity contribution in [2.24, 2.45) is 11.3 Å². The standard InChI is InChI=1S/C13H25N3/c1-6-14-7-12-8-15-10-16(12)9-11(2)13(3,4)5/h8,10-11,14H,6-7,9H2,1-5H3. The lowest BCUT2D eigenvalue weighted by Gasteiger charge is -2.28. The van der Waals surface area contributed by atoms with Crippen LogP contribution in [0.2, 0.25) is 0 Å². The second kappa shape index (κ2) is 5.48. The molecule has 1 heterocycles. The maximum atomic E-state index is 4.23. The van der Waals surface area contributed by atoms with E-state index in [0.29, 0.717) is 11.3 Å². The van der Waals surface area contributed by atoms with Crippen LogP contribution >= 0.6 is 0 Å². The van der Waals surface area contributed by atoms with Crippen molar-refractivity contribution >= 4 is 0 Å². The van der Waals surface area contributed by atoms with Crippen LogP contribution in [0.1, 0.15) is 40.3 Å². The van der Waals surface area contributed by atoms with Gasteiger partial charge in [0.1, 0.15) is 0 Å². The zero-order valence-electron chi connectivity index (χ0n) is 11.2. The van der Waals surface area contributed by atoms with E-state index in [4.69, 9.17) is 0 Å². The van der Waals surface area contributed by atoms with Crippen molar-refractivity contribution in [3.8, 4) is 0 Å². The van der Waals surface area contributed by atoms with Gasteiger partial charge in [-0.2, -0.15) is 0 Å². The van der Waals surface area contributed by atoms with E-state index in [9.17, 15) is 0 Å². The number of hydrogen-bond donors (Lipinski definition) is 1. The van der Waals surface area contributed by atoms with Gasteiger partial charge in [0.05, 0.1) is 12.0 Å². The quantitative estimate of drug-likeness (QED) is 0.831. The van der Waals surface area contributed by atoms with Gasteiger partial charge >= 0.3 is 0 Å². The van der Waals surface area contributed by atoms with Crippen LogP contribution in [0.5, 0.6) is 0 Å². The van der Waals surface area contributed by atoms with Crippen molar-refractivity contribution in [3.63, 3.8) is 0 Å². The highest BCUT2D eigenvalue weighted by Crippen LogP contribution is 2.26. The Hall–Kier alpha value is -0.830. The minimum atomic E-state index is 0.347. The molecule has 0 radical (unpaired) electrons.